The third kappa shape index (κ3) is 4.14. The van der Waals surface area contributed by atoms with Crippen LogP contribution in [0, 0.1) is 0 Å². The van der Waals surface area contributed by atoms with Crippen molar-refractivity contribution in [2.24, 2.45) is 0 Å². The van der Waals surface area contributed by atoms with Gasteiger partial charge in [0.1, 0.15) is 18.7 Å². The zero-order valence-electron chi connectivity index (χ0n) is 15.7. The molecule has 1 aromatic rings. The van der Waals surface area contributed by atoms with E-state index >= 15 is 0 Å². The summed E-state index contributed by atoms with van der Waals surface area (Å²) in [6.45, 7) is 0.446. The third-order valence-electron chi connectivity index (χ3n) is 5.54. The third-order valence-corrected chi connectivity index (χ3v) is 5.89. The Morgan fingerprint density at radius 2 is 2.13 bits per heavy atom. The molecule has 3 saturated heterocycles. The second-order valence-corrected chi connectivity index (χ2v) is 8.42. The van der Waals surface area contributed by atoms with Gasteiger partial charge in [-0.3, -0.25) is 14.1 Å². The Kier molecular flexibility index (Phi) is 5.44. The molecule has 30 heavy (non-hydrogen) atoms. The number of hydrogen-bond acceptors (Lipinski definition) is 9. The van der Waals surface area contributed by atoms with Crippen LogP contribution < -0.4 is 10.6 Å². The number of piperidine rings is 1. The number of carbonyl (C=O) groups excluding carboxylic acids is 3. The summed E-state index contributed by atoms with van der Waals surface area (Å²) in [6.07, 6.45) is 4.12. The second kappa shape index (κ2) is 7.90. The van der Waals surface area contributed by atoms with Crippen LogP contribution in [0.15, 0.2) is 12.7 Å². The van der Waals surface area contributed by atoms with E-state index in [1.54, 1.807) is 11.0 Å². The Hall–Kier alpha value is -2.62. The maximum absolute atomic E-state index is 12.6. The number of Topliss-reactive ketones (excluding diaryl/α,β-unsaturated/α-hetero) is 1. The highest BCUT2D eigenvalue weighted by Gasteiger charge is 2.49. The van der Waals surface area contributed by atoms with Crippen LogP contribution >= 0.6 is 0 Å². The summed E-state index contributed by atoms with van der Waals surface area (Å²) in [5.41, 5.74) is 0. The van der Waals surface area contributed by atoms with E-state index in [2.05, 4.69) is 25.0 Å². The van der Waals surface area contributed by atoms with Crippen molar-refractivity contribution in [3.8, 4) is 0 Å². The molecule has 0 aromatic carbocycles. The number of hydrogen-bond donors (Lipinski definition) is 3. The zero-order valence-corrected chi connectivity index (χ0v) is 16.6. The molecule has 3 aliphatic rings. The van der Waals surface area contributed by atoms with Gasteiger partial charge in [0.25, 0.3) is 0 Å². The quantitative estimate of drug-likeness (QED) is 0.395. The Morgan fingerprint density at radius 1 is 1.33 bits per heavy atom. The maximum atomic E-state index is 12.6. The fourth-order valence-corrected chi connectivity index (χ4v) is 4.48. The Labute approximate surface area is 171 Å². The van der Waals surface area contributed by atoms with Crippen LogP contribution in [0.3, 0.4) is 0 Å². The average molecular weight is 443 g/mol. The average Bonchev–Trinajstić information content (AvgIpc) is 3.43. The van der Waals surface area contributed by atoms with Gasteiger partial charge in [0.2, 0.25) is 5.91 Å². The Morgan fingerprint density at radius 3 is 2.83 bits per heavy atom. The molecular formula is C15H21N7O7S. The van der Waals surface area contributed by atoms with E-state index in [-0.39, 0.29) is 31.3 Å². The van der Waals surface area contributed by atoms with Gasteiger partial charge in [0.15, 0.2) is 5.78 Å². The molecule has 1 aromatic heterocycles. The van der Waals surface area contributed by atoms with Gasteiger partial charge < -0.3 is 15.5 Å². The van der Waals surface area contributed by atoms with Crippen molar-refractivity contribution in [3.05, 3.63) is 12.7 Å². The number of urea groups is 1. The molecule has 0 radical (unpaired) electrons. The van der Waals surface area contributed by atoms with E-state index in [0.717, 1.165) is 0 Å². The van der Waals surface area contributed by atoms with Gasteiger partial charge in [-0.25, -0.2) is 14.5 Å². The van der Waals surface area contributed by atoms with Crippen molar-refractivity contribution in [1.82, 2.24) is 35.4 Å². The van der Waals surface area contributed by atoms with E-state index in [9.17, 15) is 22.8 Å². The smallest absolute Gasteiger partial charge is 0.347 e. The zero-order chi connectivity index (χ0) is 21.5. The van der Waals surface area contributed by atoms with Gasteiger partial charge in [-0.15, -0.1) is 4.28 Å². The molecule has 4 atom stereocenters. The largest absolute Gasteiger partial charge is 0.418 e. The predicted octanol–water partition coefficient (Wildman–Crippen LogP) is -2.13. The van der Waals surface area contributed by atoms with Gasteiger partial charge in [0, 0.05) is 13.1 Å². The lowest BCUT2D eigenvalue weighted by Crippen LogP contribution is -2.51. The molecular weight excluding hydrogens is 422 g/mol. The number of fused-ring (bicyclic) bond motifs is 2. The van der Waals surface area contributed by atoms with Crippen LogP contribution in [0.1, 0.15) is 25.3 Å². The van der Waals surface area contributed by atoms with Gasteiger partial charge >= 0.3 is 16.4 Å². The van der Waals surface area contributed by atoms with Crippen molar-refractivity contribution in [2.45, 2.75) is 43.4 Å². The van der Waals surface area contributed by atoms with Crippen molar-refractivity contribution in [3.63, 3.8) is 0 Å². The minimum Gasteiger partial charge on any atom is -0.347 e. The molecule has 4 heterocycles. The number of amides is 3. The lowest BCUT2D eigenvalue weighted by molar-refractivity contribution is -0.129. The standard InChI is InChI=1S/C15H21N7O7S/c23-13(11-3-10(4-17-11)21-8-16-7-19-21)5-18-14(24)12-2-1-9-6-20(12)15(25)22(9)29-30(26,27)28/h7-12,17H,1-6H2,(H,18,24)(H,26,27,28)/t9-,10+,11+,12+/m1/s1. The summed E-state index contributed by atoms with van der Waals surface area (Å²) in [4.78, 5) is 42.4. The summed E-state index contributed by atoms with van der Waals surface area (Å²) in [7, 11) is -4.85. The molecule has 3 N–H and O–H groups in total. The fourth-order valence-electron chi connectivity index (χ4n) is 4.09. The van der Waals surface area contributed by atoms with Crippen LogP contribution in [-0.4, -0.2) is 93.2 Å². The lowest BCUT2D eigenvalue weighted by Gasteiger charge is -2.29. The number of rotatable bonds is 7. The number of aromatic nitrogens is 3. The van der Waals surface area contributed by atoms with Crippen molar-refractivity contribution >= 4 is 28.1 Å². The monoisotopic (exact) mass is 443 g/mol. The number of nitrogens with zero attached hydrogens (tertiary/aromatic N) is 5. The highest BCUT2D eigenvalue weighted by molar-refractivity contribution is 7.80. The first-order chi connectivity index (χ1) is 14.2. The first-order valence-corrected chi connectivity index (χ1v) is 10.7. The van der Waals surface area contributed by atoms with E-state index in [1.807, 2.05) is 0 Å². The summed E-state index contributed by atoms with van der Waals surface area (Å²) in [5.74, 6) is -0.696. The molecule has 3 aliphatic heterocycles. The highest BCUT2D eigenvalue weighted by atomic mass is 32.3. The van der Waals surface area contributed by atoms with E-state index in [4.69, 9.17) is 4.55 Å². The first kappa shape index (κ1) is 20.6. The van der Waals surface area contributed by atoms with E-state index in [0.29, 0.717) is 24.4 Å². The maximum Gasteiger partial charge on any atom is 0.418 e. The van der Waals surface area contributed by atoms with Crippen LogP contribution in [0.5, 0.6) is 0 Å². The molecule has 0 spiro atoms. The van der Waals surface area contributed by atoms with Crippen molar-refractivity contribution in [1.29, 1.82) is 0 Å². The van der Waals surface area contributed by atoms with Crippen molar-refractivity contribution < 1.29 is 31.6 Å². The first-order valence-electron chi connectivity index (χ1n) is 9.37. The van der Waals surface area contributed by atoms with Gasteiger partial charge in [-0.1, -0.05) is 0 Å². The molecule has 164 valence electrons. The number of hydroxylamine groups is 2. The summed E-state index contributed by atoms with van der Waals surface area (Å²) in [5, 5.41) is 10.3. The second-order valence-electron chi connectivity index (χ2n) is 7.42. The number of carbonyl (C=O) groups is 3. The topological polar surface area (TPSA) is 176 Å². The van der Waals surface area contributed by atoms with Gasteiger partial charge in [-0.2, -0.15) is 18.6 Å². The summed E-state index contributed by atoms with van der Waals surface area (Å²) >= 11 is 0. The molecule has 15 heteroatoms. The number of nitrogens with one attached hydrogen (secondary N) is 2. The van der Waals surface area contributed by atoms with Crippen LogP contribution in [0.25, 0.3) is 0 Å². The number of ketones is 1. The van der Waals surface area contributed by atoms with E-state index < -0.39 is 40.5 Å². The predicted molar refractivity (Wildman–Crippen MR) is 96.9 cm³/mol. The Balaban J connectivity index is 1.29. The molecule has 14 nitrogen and oxygen atoms in total. The molecule has 3 fully saturated rings. The fraction of sp³-hybridized carbons (Fsp3) is 0.667. The summed E-state index contributed by atoms with van der Waals surface area (Å²) < 4.78 is 36.7. The summed E-state index contributed by atoms with van der Waals surface area (Å²) in [6, 6.07) is -2.68. The lowest BCUT2D eigenvalue weighted by atomic mass is 10.00. The Bertz CT molecular complexity index is 937. The van der Waals surface area contributed by atoms with Gasteiger partial charge in [0.05, 0.1) is 24.7 Å². The highest BCUT2D eigenvalue weighted by Crippen LogP contribution is 2.30. The van der Waals surface area contributed by atoms with E-state index in [1.165, 1.54) is 11.2 Å². The van der Waals surface area contributed by atoms with Gasteiger partial charge in [-0.05, 0) is 19.3 Å². The molecule has 3 amide bonds. The minimum atomic E-state index is -4.85. The molecule has 0 unspecified atom stereocenters. The molecule has 4 rings (SSSR count). The molecule has 2 bridgehead atoms. The van der Waals surface area contributed by atoms with Crippen LogP contribution in [0.2, 0.25) is 0 Å². The minimum absolute atomic E-state index is 0.00318. The normalized spacial score (nSPS) is 28.8. The SMILES string of the molecule is O=C(CNC(=O)[C@@H]1CC[C@@H]2CN1C(=O)N2OS(=O)(=O)O)[C@@H]1C[C@H](n2cncn2)CN1. The van der Waals surface area contributed by atoms with Crippen molar-refractivity contribution in [2.75, 3.05) is 19.6 Å². The van der Waals surface area contributed by atoms with Crippen LogP contribution in [-0.2, 0) is 24.3 Å². The van der Waals surface area contributed by atoms with Crippen LogP contribution in [0.4, 0.5) is 4.79 Å². The molecule has 0 saturated carbocycles. The molecule has 0 aliphatic carbocycles.